The minimum absolute atomic E-state index is 0.167. The van der Waals surface area contributed by atoms with Gasteiger partial charge in [-0.1, -0.05) is 30.3 Å². The van der Waals surface area contributed by atoms with Gasteiger partial charge in [0.1, 0.15) is 42.7 Å². The van der Waals surface area contributed by atoms with E-state index in [1.807, 2.05) is 30.3 Å². The molecule has 1 aliphatic carbocycles. The highest BCUT2D eigenvalue weighted by atomic mass is 16.8. The maximum atomic E-state index is 12.3. The molecule has 5 rings (SSSR count). The molecule has 1 saturated carbocycles. The first-order valence-electron chi connectivity index (χ1n) is 11.4. The van der Waals surface area contributed by atoms with E-state index in [0.717, 1.165) is 5.56 Å². The summed E-state index contributed by atoms with van der Waals surface area (Å²) in [5, 5.41) is 50.5. The predicted octanol–water partition coefficient (Wildman–Crippen LogP) is -1.33. The lowest BCUT2D eigenvalue weighted by Gasteiger charge is -2.43. The van der Waals surface area contributed by atoms with Gasteiger partial charge >= 0.3 is 5.97 Å². The van der Waals surface area contributed by atoms with E-state index in [1.54, 1.807) is 12.2 Å². The van der Waals surface area contributed by atoms with Crippen LogP contribution in [0.3, 0.4) is 0 Å². The summed E-state index contributed by atoms with van der Waals surface area (Å²) in [5.41, 5.74) is -0.248. The van der Waals surface area contributed by atoms with E-state index >= 15 is 0 Å². The van der Waals surface area contributed by atoms with Crippen LogP contribution in [0.4, 0.5) is 0 Å². The van der Waals surface area contributed by atoms with Gasteiger partial charge in [0.05, 0.1) is 24.9 Å². The van der Waals surface area contributed by atoms with Crippen molar-refractivity contribution in [1.29, 1.82) is 0 Å². The van der Waals surface area contributed by atoms with E-state index in [2.05, 4.69) is 0 Å². The molecule has 11 atom stereocenters. The molecular weight excluding hydrogens is 464 g/mol. The van der Waals surface area contributed by atoms with Crippen LogP contribution >= 0.6 is 0 Å². The highest BCUT2D eigenvalue weighted by Crippen LogP contribution is 2.60. The van der Waals surface area contributed by atoms with Crippen molar-refractivity contribution in [1.82, 2.24) is 0 Å². The van der Waals surface area contributed by atoms with Crippen molar-refractivity contribution in [3.63, 3.8) is 0 Å². The number of esters is 1. The van der Waals surface area contributed by atoms with E-state index in [4.69, 9.17) is 23.7 Å². The number of hydrogen-bond acceptors (Lipinski definition) is 11. The second-order valence-electron chi connectivity index (χ2n) is 9.11. The second-order valence-corrected chi connectivity index (χ2v) is 9.11. The van der Waals surface area contributed by atoms with Crippen LogP contribution in [0.2, 0.25) is 0 Å². The summed E-state index contributed by atoms with van der Waals surface area (Å²) in [6.07, 6.45) is -4.06. The quantitative estimate of drug-likeness (QED) is 0.174. The van der Waals surface area contributed by atoms with Crippen LogP contribution in [0.15, 0.2) is 48.7 Å². The molecule has 0 amide bonds. The lowest BCUT2D eigenvalue weighted by Crippen LogP contribution is -2.60. The fourth-order valence-corrected chi connectivity index (χ4v) is 5.11. The van der Waals surface area contributed by atoms with Gasteiger partial charge in [-0.25, -0.2) is 4.79 Å². The molecule has 35 heavy (non-hydrogen) atoms. The molecule has 11 nitrogen and oxygen atoms in total. The van der Waals surface area contributed by atoms with Crippen LogP contribution in [0.25, 0.3) is 6.08 Å². The Hall–Kier alpha value is -2.35. The molecular formula is C24H28O11. The number of carbonyl (C=O) groups excluding carboxylic acids is 1. The molecule has 3 fully saturated rings. The number of epoxide rings is 1. The molecule has 0 aromatic heterocycles. The highest BCUT2D eigenvalue weighted by Gasteiger charge is 2.76. The molecule has 190 valence electrons. The van der Waals surface area contributed by atoms with E-state index in [0.29, 0.717) is 0 Å². The SMILES string of the molecule is O=C(/C=C/c1ccccc1)OC[C@]12O[C@H]1[C@@H](O)[C@@H]1C=CO[C@@H](O[C@@H]3O[C@H](CO)[C@@H](O)[C@H](O)[C@H]3O)[C@@H]12. The van der Waals surface area contributed by atoms with Gasteiger partial charge in [0.15, 0.2) is 6.29 Å². The molecule has 5 N–H and O–H groups in total. The van der Waals surface area contributed by atoms with E-state index in [1.165, 1.54) is 12.3 Å². The van der Waals surface area contributed by atoms with Gasteiger partial charge in [-0.05, 0) is 17.7 Å². The van der Waals surface area contributed by atoms with Crippen molar-refractivity contribution in [3.8, 4) is 0 Å². The zero-order valence-corrected chi connectivity index (χ0v) is 18.6. The van der Waals surface area contributed by atoms with Gasteiger partial charge in [0, 0.05) is 12.0 Å². The normalized spacial score (nSPS) is 43.9. The van der Waals surface area contributed by atoms with E-state index in [9.17, 15) is 30.3 Å². The van der Waals surface area contributed by atoms with Crippen LogP contribution in [0, 0.1) is 11.8 Å². The second kappa shape index (κ2) is 9.60. The smallest absolute Gasteiger partial charge is 0.330 e. The fourth-order valence-electron chi connectivity index (χ4n) is 5.11. The van der Waals surface area contributed by atoms with Crippen LogP contribution < -0.4 is 0 Å². The zero-order valence-electron chi connectivity index (χ0n) is 18.6. The Labute approximate surface area is 200 Å². The van der Waals surface area contributed by atoms with Crippen molar-refractivity contribution >= 4 is 12.0 Å². The zero-order chi connectivity index (χ0) is 24.7. The minimum atomic E-state index is -1.63. The Morgan fingerprint density at radius 3 is 2.54 bits per heavy atom. The standard InChI is InChI=1S/C24H28O11/c25-10-14-18(28)19(29)20(30)23(33-14)34-22-16-13(8-9-31-22)17(27)21-24(16,35-21)11-32-15(26)7-6-12-4-2-1-3-5-12/h1-9,13-14,16-23,25,27-30H,10-11H2/b7-6+/t13-,14-,16-,17+,18-,19+,20-,21+,22+,23+,24-/m1/s1. The summed E-state index contributed by atoms with van der Waals surface area (Å²) in [6.45, 7) is -0.776. The highest BCUT2D eigenvalue weighted by molar-refractivity contribution is 5.87. The first-order valence-corrected chi connectivity index (χ1v) is 11.4. The van der Waals surface area contributed by atoms with Crippen molar-refractivity contribution < 1.29 is 54.0 Å². The van der Waals surface area contributed by atoms with Crippen LogP contribution in [0.1, 0.15) is 5.56 Å². The van der Waals surface area contributed by atoms with Crippen molar-refractivity contribution in [2.75, 3.05) is 13.2 Å². The third kappa shape index (κ3) is 4.39. The minimum Gasteiger partial charge on any atom is -0.472 e. The van der Waals surface area contributed by atoms with Gasteiger partial charge in [-0.15, -0.1) is 0 Å². The first-order chi connectivity index (χ1) is 16.9. The van der Waals surface area contributed by atoms with Gasteiger partial charge in [-0.2, -0.15) is 0 Å². The maximum absolute atomic E-state index is 12.3. The lowest BCUT2D eigenvalue weighted by molar-refractivity contribution is -0.344. The summed E-state index contributed by atoms with van der Waals surface area (Å²) in [5.74, 6) is -1.67. The number of carbonyl (C=O) groups is 1. The number of benzene rings is 1. The molecule has 1 aromatic rings. The first kappa shape index (κ1) is 24.3. The number of aliphatic hydroxyl groups is 5. The molecule has 0 unspecified atom stereocenters. The molecule has 0 radical (unpaired) electrons. The van der Waals surface area contributed by atoms with Crippen LogP contribution in [-0.4, -0.2) is 99.5 Å². The Balaban J connectivity index is 1.28. The molecule has 0 bridgehead atoms. The molecule has 2 saturated heterocycles. The number of rotatable bonds is 7. The third-order valence-electron chi connectivity index (χ3n) is 7.03. The fraction of sp³-hybridized carbons (Fsp3) is 0.542. The number of aliphatic hydroxyl groups excluding tert-OH is 5. The van der Waals surface area contributed by atoms with Crippen molar-refractivity contribution in [3.05, 3.63) is 54.3 Å². The Morgan fingerprint density at radius 1 is 1.03 bits per heavy atom. The third-order valence-corrected chi connectivity index (χ3v) is 7.03. The Morgan fingerprint density at radius 2 is 1.80 bits per heavy atom. The van der Waals surface area contributed by atoms with E-state index < -0.39 is 79.2 Å². The number of fused-ring (bicyclic) bond motifs is 3. The largest absolute Gasteiger partial charge is 0.472 e. The van der Waals surface area contributed by atoms with Crippen LogP contribution in [0.5, 0.6) is 0 Å². The number of ether oxygens (including phenoxy) is 5. The molecule has 11 heteroatoms. The molecule has 4 aliphatic rings. The summed E-state index contributed by atoms with van der Waals surface area (Å²) < 4.78 is 28.1. The summed E-state index contributed by atoms with van der Waals surface area (Å²) in [6, 6.07) is 9.24. The van der Waals surface area contributed by atoms with Gasteiger partial charge < -0.3 is 49.2 Å². The molecule has 0 spiro atoms. The average Bonchev–Trinajstić information content (AvgIpc) is 3.56. The molecule has 3 heterocycles. The van der Waals surface area contributed by atoms with Gasteiger partial charge in [-0.3, -0.25) is 0 Å². The van der Waals surface area contributed by atoms with Gasteiger partial charge in [0.2, 0.25) is 6.29 Å². The van der Waals surface area contributed by atoms with Crippen LogP contribution in [-0.2, 0) is 28.5 Å². The number of hydrogen-bond donors (Lipinski definition) is 5. The van der Waals surface area contributed by atoms with Gasteiger partial charge in [0.25, 0.3) is 0 Å². The predicted molar refractivity (Wildman–Crippen MR) is 116 cm³/mol. The molecule has 1 aromatic carbocycles. The van der Waals surface area contributed by atoms with Crippen molar-refractivity contribution in [2.45, 2.75) is 54.8 Å². The molecule has 3 aliphatic heterocycles. The van der Waals surface area contributed by atoms with Crippen molar-refractivity contribution in [2.24, 2.45) is 11.8 Å². The lowest BCUT2D eigenvalue weighted by atomic mass is 9.85. The Bertz CT molecular complexity index is 965. The summed E-state index contributed by atoms with van der Waals surface area (Å²) >= 11 is 0. The topological polar surface area (TPSA) is 168 Å². The maximum Gasteiger partial charge on any atom is 0.330 e. The average molecular weight is 492 g/mol. The monoisotopic (exact) mass is 492 g/mol. The Kier molecular flexibility index (Phi) is 6.68. The summed E-state index contributed by atoms with van der Waals surface area (Å²) in [7, 11) is 0. The summed E-state index contributed by atoms with van der Waals surface area (Å²) in [4.78, 5) is 12.3. The van der Waals surface area contributed by atoms with E-state index in [-0.39, 0.29) is 6.61 Å².